The molecule has 1 atom stereocenters. The molecule has 2 amide bonds. The molecule has 0 aliphatic rings. The number of anilines is 2. The van der Waals surface area contributed by atoms with Crippen molar-refractivity contribution in [2.75, 3.05) is 17.7 Å². The number of rotatable bonds is 7. The van der Waals surface area contributed by atoms with E-state index in [1.807, 2.05) is 0 Å². The van der Waals surface area contributed by atoms with Gasteiger partial charge in [-0.3, -0.25) is 9.59 Å². The normalized spacial score (nSPS) is 11.3. The molecule has 31 heavy (non-hydrogen) atoms. The van der Waals surface area contributed by atoms with Gasteiger partial charge >= 0.3 is 5.97 Å². The molecule has 0 aliphatic carbocycles. The first kappa shape index (κ1) is 22.3. The van der Waals surface area contributed by atoms with Crippen LogP contribution in [0.5, 0.6) is 5.75 Å². The molecule has 0 fully saturated rings. The van der Waals surface area contributed by atoms with Crippen LogP contribution in [0.3, 0.4) is 0 Å². The number of methoxy groups -OCH3 is 1. The van der Waals surface area contributed by atoms with E-state index in [0.717, 1.165) is 0 Å². The molecular formula is C22H19ClN2O5S. The molecule has 3 aromatic rings. The second-order valence-corrected chi connectivity index (χ2v) is 7.74. The summed E-state index contributed by atoms with van der Waals surface area (Å²) in [5.41, 5.74) is 0.772. The molecule has 2 N–H and O–H groups in total. The van der Waals surface area contributed by atoms with Crippen molar-refractivity contribution in [3.05, 3.63) is 75.4 Å². The number of halogens is 1. The standard InChI is InChI=1S/C22H19ClN2O5S/c1-13(20(26)25-17-12-14(23)9-10-18(17)29-2)30-22(28)15-6-3-4-7-16(15)24-21(27)19-8-5-11-31-19/h3-13H,1-2H3,(H,24,27)(H,25,26). The molecular weight excluding hydrogens is 440 g/mol. The van der Waals surface area contributed by atoms with Crippen LogP contribution < -0.4 is 15.4 Å². The first-order chi connectivity index (χ1) is 14.9. The lowest BCUT2D eigenvalue weighted by Crippen LogP contribution is -2.30. The smallest absolute Gasteiger partial charge is 0.341 e. The summed E-state index contributed by atoms with van der Waals surface area (Å²) in [4.78, 5) is 38.0. The summed E-state index contributed by atoms with van der Waals surface area (Å²) in [5.74, 6) is -1.23. The maximum Gasteiger partial charge on any atom is 0.341 e. The number of esters is 1. The van der Waals surface area contributed by atoms with Gasteiger partial charge in [-0.1, -0.05) is 29.8 Å². The number of hydrogen-bond acceptors (Lipinski definition) is 6. The van der Waals surface area contributed by atoms with Crippen molar-refractivity contribution in [1.29, 1.82) is 0 Å². The van der Waals surface area contributed by atoms with E-state index in [9.17, 15) is 14.4 Å². The molecule has 3 rings (SSSR count). The van der Waals surface area contributed by atoms with Gasteiger partial charge in [-0.25, -0.2) is 4.79 Å². The largest absolute Gasteiger partial charge is 0.495 e. The van der Waals surface area contributed by atoms with Crippen molar-refractivity contribution in [2.24, 2.45) is 0 Å². The number of carbonyl (C=O) groups is 3. The summed E-state index contributed by atoms with van der Waals surface area (Å²) in [7, 11) is 1.46. The quantitative estimate of drug-likeness (QED) is 0.494. The van der Waals surface area contributed by atoms with Crippen molar-refractivity contribution in [2.45, 2.75) is 13.0 Å². The van der Waals surface area contributed by atoms with Crippen molar-refractivity contribution >= 4 is 52.1 Å². The van der Waals surface area contributed by atoms with Crippen molar-refractivity contribution in [3.8, 4) is 5.75 Å². The molecule has 0 saturated carbocycles. The van der Waals surface area contributed by atoms with Gasteiger partial charge in [0.2, 0.25) is 0 Å². The SMILES string of the molecule is COc1ccc(Cl)cc1NC(=O)C(C)OC(=O)c1ccccc1NC(=O)c1cccs1. The van der Waals surface area contributed by atoms with Gasteiger partial charge in [0.05, 0.1) is 28.9 Å². The number of benzene rings is 2. The van der Waals surface area contributed by atoms with E-state index in [1.165, 1.54) is 37.5 Å². The third-order valence-corrected chi connectivity index (χ3v) is 5.32. The highest BCUT2D eigenvalue weighted by Crippen LogP contribution is 2.28. The van der Waals surface area contributed by atoms with Crippen LogP contribution in [0.1, 0.15) is 27.0 Å². The zero-order valence-corrected chi connectivity index (χ0v) is 18.3. The average molecular weight is 459 g/mol. The minimum Gasteiger partial charge on any atom is -0.495 e. The summed E-state index contributed by atoms with van der Waals surface area (Å²) >= 11 is 7.25. The maximum atomic E-state index is 12.7. The zero-order chi connectivity index (χ0) is 22.4. The predicted molar refractivity (Wildman–Crippen MR) is 120 cm³/mol. The Balaban J connectivity index is 1.69. The highest BCUT2D eigenvalue weighted by molar-refractivity contribution is 7.12. The highest BCUT2D eigenvalue weighted by Gasteiger charge is 2.22. The summed E-state index contributed by atoms with van der Waals surface area (Å²) in [6.07, 6.45) is -1.11. The third kappa shape index (κ3) is 5.62. The van der Waals surface area contributed by atoms with Crippen LogP contribution in [-0.4, -0.2) is 31.0 Å². The molecule has 0 saturated heterocycles. The molecule has 1 aromatic heterocycles. The second-order valence-electron chi connectivity index (χ2n) is 6.36. The van der Waals surface area contributed by atoms with E-state index >= 15 is 0 Å². The lowest BCUT2D eigenvalue weighted by Gasteiger charge is -2.16. The van der Waals surface area contributed by atoms with Gasteiger partial charge in [0.15, 0.2) is 6.10 Å². The van der Waals surface area contributed by atoms with E-state index in [4.69, 9.17) is 21.1 Å². The van der Waals surface area contributed by atoms with Gasteiger partial charge in [-0.05, 0) is 48.7 Å². The van der Waals surface area contributed by atoms with Crippen LogP contribution in [0.2, 0.25) is 5.02 Å². The maximum absolute atomic E-state index is 12.7. The van der Waals surface area contributed by atoms with Crippen LogP contribution in [-0.2, 0) is 9.53 Å². The average Bonchev–Trinajstić information content (AvgIpc) is 3.29. The molecule has 1 unspecified atom stereocenters. The summed E-state index contributed by atoms with van der Waals surface area (Å²) in [6, 6.07) is 14.6. The summed E-state index contributed by atoms with van der Waals surface area (Å²) < 4.78 is 10.5. The van der Waals surface area contributed by atoms with Gasteiger partial charge in [-0.2, -0.15) is 0 Å². The Hall–Kier alpha value is -3.36. The Kier molecular flexibility index (Phi) is 7.28. The molecule has 0 bridgehead atoms. The fourth-order valence-electron chi connectivity index (χ4n) is 2.65. The van der Waals surface area contributed by atoms with Crippen LogP contribution in [0.25, 0.3) is 0 Å². The number of amides is 2. The molecule has 2 aromatic carbocycles. The van der Waals surface area contributed by atoms with Gasteiger partial charge in [0.25, 0.3) is 11.8 Å². The number of ether oxygens (including phenoxy) is 2. The van der Waals surface area contributed by atoms with E-state index in [-0.39, 0.29) is 17.2 Å². The van der Waals surface area contributed by atoms with Crippen LogP contribution in [0.4, 0.5) is 11.4 Å². The van der Waals surface area contributed by atoms with Gasteiger partial charge < -0.3 is 20.1 Å². The van der Waals surface area contributed by atoms with E-state index in [0.29, 0.717) is 21.3 Å². The van der Waals surface area contributed by atoms with Gasteiger partial charge in [-0.15, -0.1) is 11.3 Å². The van der Waals surface area contributed by atoms with E-state index in [2.05, 4.69) is 10.6 Å². The first-order valence-electron chi connectivity index (χ1n) is 9.18. The fraction of sp³-hybridized carbons (Fsp3) is 0.136. The Bertz CT molecular complexity index is 1100. The van der Waals surface area contributed by atoms with Gasteiger partial charge in [0.1, 0.15) is 5.75 Å². The molecule has 0 aliphatic heterocycles. The van der Waals surface area contributed by atoms with Gasteiger partial charge in [0, 0.05) is 5.02 Å². The fourth-order valence-corrected chi connectivity index (χ4v) is 3.44. The van der Waals surface area contributed by atoms with Crippen LogP contribution >= 0.6 is 22.9 Å². The summed E-state index contributed by atoms with van der Waals surface area (Å²) in [6.45, 7) is 1.44. The minimum atomic E-state index is -1.11. The number of para-hydroxylation sites is 1. The molecule has 7 nitrogen and oxygen atoms in total. The van der Waals surface area contributed by atoms with E-state index < -0.39 is 18.0 Å². The Morgan fingerprint density at radius 3 is 2.48 bits per heavy atom. The predicted octanol–water partition coefficient (Wildman–Crippen LogP) is 4.85. The zero-order valence-electron chi connectivity index (χ0n) is 16.7. The second kappa shape index (κ2) is 10.1. The minimum absolute atomic E-state index is 0.132. The van der Waals surface area contributed by atoms with Crippen LogP contribution in [0, 0.1) is 0 Å². The topological polar surface area (TPSA) is 93.7 Å². The number of thiophene rings is 1. The number of hydrogen-bond donors (Lipinski definition) is 2. The Morgan fingerprint density at radius 1 is 1.00 bits per heavy atom. The Labute approximate surface area is 187 Å². The molecule has 160 valence electrons. The van der Waals surface area contributed by atoms with Crippen molar-refractivity contribution < 1.29 is 23.9 Å². The lowest BCUT2D eigenvalue weighted by molar-refractivity contribution is -0.123. The Morgan fingerprint density at radius 2 is 1.77 bits per heavy atom. The third-order valence-electron chi connectivity index (χ3n) is 4.21. The first-order valence-corrected chi connectivity index (χ1v) is 10.4. The lowest BCUT2D eigenvalue weighted by atomic mass is 10.1. The molecule has 9 heteroatoms. The highest BCUT2D eigenvalue weighted by atomic mass is 35.5. The number of nitrogens with one attached hydrogen (secondary N) is 2. The number of carbonyl (C=O) groups excluding carboxylic acids is 3. The molecule has 0 spiro atoms. The van der Waals surface area contributed by atoms with Crippen LogP contribution in [0.15, 0.2) is 60.0 Å². The summed E-state index contributed by atoms with van der Waals surface area (Å²) in [5, 5.41) is 7.52. The monoisotopic (exact) mass is 458 g/mol. The molecule has 0 radical (unpaired) electrons. The van der Waals surface area contributed by atoms with Crippen molar-refractivity contribution in [3.63, 3.8) is 0 Å². The van der Waals surface area contributed by atoms with Crippen molar-refractivity contribution in [1.82, 2.24) is 0 Å². The van der Waals surface area contributed by atoms with E-state index in [1.54, 1.807) is 47.8 Å². The molecule has 1 heterocycles.